The molecule has 6 aromatic rings. The first-order valence-corrected chi connectivity index (χ1v) is 13.0. The summed E-state index contributed by atoms with van der Waals surface area (Å²) in [4.78, 5) is 37.4. The lowest BCUT2D eigenvalue weighted by Gasteiger charge is -2.20. The summed E-state index contributed by atoms with van der Waals surface area (Å²) >= 11 is 0. The molecule has 44 heavy (non-hydrogen) atoms. The zero-order chi connectivity index (χ0) is 28.3. The minimum Gasteiger partial charge on any atom is -0.451 e. The molecule has 0 saturated carbocycles. The number of halogens is 3. The van der Waals surface area contributed by atoms with Crippen LogP contribution in [0.1, 0.15) is 35.0 Å². The third-order valence-electron chi connectivity index (χ3n) is 6.86. The van der Waals surface area contributed by atoms with Crippen molar-refractivity contribution in [2.24, 2.45) is 0 Å². The Morgan fingerprint density at radius 2 is 1.82 bits per heavy atom. The van der Waals surface area contributed by atoms with Gasteiger partial charge in [-0.1, -0.05) is 18.2 Å². The number of aromatic nitrogens is 5. The van der Waals surface area contributed by atoms with Crippen LogP contribution in [0.3, 0.4) is 0 Å². The van der Waals surface area contributed by atoms with E-state index in [1.54, 1.807) is 18.7 Å². The second-order valence-electron chi connectivity index (χ2n) is 9.40. The SMILES string of the molecule is CCn1c(-c2ccc(-n3ccnc3)cc2)cnc1[C@H](Cc1ccccn1)NC(=O)c1cc2cc([N+](=O)[O-])ccc2o1.Cl.Cl.Cl. The molecule has 228 valence electrons. The number of hydrogen-bond donors (Lipinski definition) is 1. The summed E-state index contributed by atoms with van der Waals surface area (Å²) in [6, 6.07) is 18.9. The molecule has 0 radical (unpaired) electrons. The average molecular weight is 657 g/mol. The molecule has 1 amide bonds. The molecule has 2 aromatic carbocycles. The van der Waals surface area contributed by atoms with E-state index < -0.39 is 16.9 Å². The van der Waals surface area contributed by atoms with Gasteiger partial charge in [-0.3, -0.25) is 19.9 Å². The first kappa shape index (κ1) is 33.8. The van der Waals surface area contributed by atoms with Crippen LogP contribution in [0.25, 0.3) is 27.9 Å². The molecular weight excluding hydrogens is 629 g/mol. The number of nitrogens with zero attached hydrogens (tertiary/aromatic N) is 6. The third kappa shape index (κ3) is 6.91. The van der Waals surface area contributed by atoms with Gasteiger partial charge in [0.15, 0.2) is 5.76 Å². The van der Waals surface area contributed by atoms with Gasteiger partial charge >= 0.3 is 0 Å². The van der Waals surface area contributed by atoms with Gasteiger partial charge in [0.2, 0.25) is 0 Å². The smallest absolute Gasteiger partial charge is 0.287 e. The van der Waals surface area contributed by atoms with Gasteiger partial charge in [0, 0.05) is 60.5 Å². The number of nitrogens with one attached hydrogen (secondary N) is 1. The van der Waals surface area contributed by atoms with Crippen LogP contribution in [-0.2, 0) is 13.0 Å². The Morgan fingerprint density at radius 3 is 2.48 bits per heavy atom. The van der Waals surface area contributed by atoms with Gasteiger partial charge in [-0.05, 0) is 48.9 Å². The zero-order valence-electron chi connectivity index (χ0n) is 23.3. The summed E-state index contributed by atoms with van der Waals surface area (Å²) in [7, 11) is 0. The van der Waals surface area contributed by atoms with E-state index in [1.165, 1.54) is 24.3 Å². The van der Waals surface area contributed by atoms with Crippen LogP contribution < -0.4 is 5.32 Å². The Hall–Kier alpha value is -4.71. The predicted octanol–water partition coefficient (Wildman–Crippen LogP) is 6.78. The number of non-ortho nitro benzene ring substituents is 1. The first-order chi connectivity index (χ1) is 20.0. The molecule has 0 unspecified atom stereocenters. The van der Waals surface area contributed by atoms with Crippen molar-refractivity contribution in [3.8, 4) is 16.9 Å². The Morgan fingerprint density at radius 1 is 1.02 bits per heavy atom. The van der Waals surface area contributed by atoms with E-state index >= 15 is 0 Å². The number of imidazole rings is 2. The standard InChI is InChI=1S/C30H25N7O4.3ClH/c1-2-36-26(20-6-8-23(9-7-20)35-14-13-31-19-35)18-33-29(36)25(17-22-5-3-4-12-32-22)34-30(38)28-16-21-15-24(37(39)40)10-11-27(21)41-28;;;/h3-16,18-19,25H,2,17H2,1H3,(H,34,38);3*1H/t25-;;;/m0.../s1. The van der Waals surface area contributed by atoms with Crippen molar-refractivity contribution in [1.29, 1.82) is 0 Å². The maximum Gasteiger partial charge on any atom is 0.287 e. The molecule has 11 nitrogen and oxygen atoms in total. The quantitative estimate of drug-likeness (QED) is 0.134. The van der Waals surface area contributed by atoms with Gasteiger partial charge in [-0.25, -0.2) is 9.97 Å². The van der Waals surface area contributed by atoms with Gasteiger partial charge in [-0.15, -0.1) is 37.2 Å². The predicted molar refractivity (Wildman–Crippen MR) is 173 cm³/mol. The summed E-state index contributed by atoms with van der Waals surface area (Å²) in [5.74, 6) is 0.269. The van der Waals surface area contributed by atoms with E-state index in [4.69, 9.17) is 9.40 Å². The minimum atomic E-state index is -0.529. The van der Waals surface area contributed by atoms with E-state index in [-0.39, 0.29) is 48.7 Å². The van der Waals surface area contributed by atoms with Crippen LogP contribution in [0.4, 0.5) is 5.69 Å². The first-order valence-electron chi connectivity index (χ1n) is 13.0. The van der Waals surface area contributed by atoms with Gasteiger partial charge < -0.3 is 18.9 Å². The second kappa shape index (κ2) is 14.6. The van der Waals surface area contributed by atoms with Gasteiger partial charge in [0.25, 0.3) is 11.6 Å². The highest BCUT2D eigenvalue weighted by Gasteiger charge is 2.25. The Labute approximate surface area is 270 Å². The molecule has 4 aromatic heterocycles. The Bertz CT molecular complexity index is 1840. The van der Waals surface area contributed by atoms with Crippen molar-refractivity contribution in [3.63, 3.8) is 0 Å². The number of benzene rings is 2. The highest BCUT2D eigenvalue weighted by Crippen LogP contribution is 2.28. The lowest BCUT2D eigenvalue weighted by atomic mass is 10.1. The molecule has 1 N–H and O–H groups in total. The van der Waals surface area contributed by atoms with Crippen LogP contribution in [0.15, 0.2) is 102 Å². The normalized spacial score (nSPS) is 11.1. The maximum absolute atomic E-state index is 13.4. The molecule has 0 aliphatic heterocycles. The molecule has 6 rings (SSSR count). The fraction of sp³-hybridized carbons (Fsp3) is 0.133. The highest BCUT2D eigenvalue weighted by molar-refractivity contribution is 5.96. The third-order valence-corrected chi connectivity index (χ3v) is 6.86. The van der Waals surface area contributed by atoms with E-state index in [2.05, 4.69) is 19.9 Å². The van der Waals surface area contributed by atoms with Crippen molar-refractivity contribution >= 4 is 59.8 Å². The largest absolute Gasteiger partial charge is 0.451 e. The summed E-state index contributed by atoms with van der Waals surface area (Å²) < 4.78 is 9.74. The molecule has 0 bridgehead atoms. The minimum absolute atomic E-state index is 0. The number of hydrogen-bond acceptors (Lipinski definition) is 7. The van der Waals surface area contributed by atoms with Crippen LogP contribution in [-0.4, -0.2) is 34.9 Å². The fourth-order valence-corrected chi connectivity index (χ4v) is 4.87. The number of furan rings is 1. The number of fused-ring (bicyclic) bond motifs is 1. The number of pyridine rings is 1. The molecule has 4 heterocycles. The molecule has 1 atom stereocenters. The average Bonchev–Trinajstić information content (AvgIpc) is 3.76. The Balaban J connectivity index is 0.00000176. The Kier molecular flexibility index (Phi) is 11.2. The van der Waals surface area contributed by atoms with Crippen molar-refractivity contribution < 1.29 is 14.1 Å². The number of nitro groups is 1. The molecule has 14 heteroatoms. The molecule has 0 spiro atoms. The van der Waals surface area contributed by atoms with Crippen molar-refractivity contribution in [2.45, 2.75) is 25.9 Å². The van der Waals surface area contributed by atoms with E-state index in [9.17, 15) is 14.9 Å². The summed E-state index contributed by atoms with van der Waals surface area (Å²) in [5, 5.41) is 14.7. The lowest BCUT2D eigenvalue weighted by Crippen LogP contribution is -2.32. The highest BCUT2D eigenvalue weighted by atomic mass is 35.5. The summed E-state index contributed by atoms with van der Waals surface area (Å²) in [6.07, 6.45) is 9.28. The van der Waals surface area contributed by atoms with E-state index in [0.29, 0.717) is 29.8 Å². The number of carbonyl (C=O) groups is 1. The van der Waals surface area contributed by atoms with Gasteiger partial charge in [-0.2, -0.15) is 0 Å². The van der Waals surface area contributed by atoms with Gasteiger partial charge in [0.1, 0.15) is 11.4 Å². The summed E-state index contributed by atoms with van der Waals surface area (Å²) in [6.45, 7) is 2.65. The van der Waals surface area contributed by atoms with E-state index in [0.717, 1.165) is 22.6 Å². The van der Waals surface area contributed by atoms with E-state index in [1.807, 2.05) is 66.3 Å². The van der Waals surface area contributed by atoms with Crippen molar-refractivity contribution in [2.75, 3.05) is 0 Å². The molecular formula is C30H28Cl3N7O4. The molecule has 0 fully saturated rings. The van der Waals surface area contributed by atoms with Crippen molar-refractivity contribution in [3.05, 3.63) is 125 Å². The van der Waals surface area contributed by atoms with Crippen LogP contribution >= 0.6 is 37.2 Å². The molecule has 0 aliphatic carbocycles. The monoisotopic (exact) mass is 655 g/mol. The van der Waals surface area contributed by atoms with Gasteiger partial charge in [0.05, 0.1) is 29.2 Å². The molecule has 0 aliphatic rings. The number of rotatable bonds is 9. The van der Waals surface area contributed by atoms with Crippen LogP contribution in [0.2, 0.25) is 0 Å². The molecule has 0 saturated heterocycles. The summed E-state index contributed by atoms with van der Waals surface area (Å²) in [5.41, 5.74) is 3.99. The second-order valence-corrected chi connectivity index (χ2v) is 9.40. The lowest BCUT2D eigenvalue weighted by molar-refractivity contribution is -0.384. The van der Waals surface area contributed by atoms with Crippen LogP contribution in [0, 0.1) is 10.1 Å². The number of amides is 1. The van der Waals surface area contributed by atoms with Crippen LogP contribution in [0.5, 0.6) is 0 Å². The van der Waals surface area contributed by atoms with Crippen molar-refractivity contribution in [1.82, 2.24) is 29.4 Å². The number of nitro benzene ring substituents is 1. The topological polar surface area (TPSA) is 134 Å². The number of carbonyl (C=O) groups excluding carboxylic acids is 1. The maximum atomic E-state index is 13.4. The fourth-order valence-electron chi connectivity index (χ4n) is 4.87. The zero-order valence-corrected chi connectivity index (χ0v) is 25.7.